The van der Waals surface area contributed by atoms with Crippen LogP contribution in [-0.4, -0.2) is 39.9 Å². The number of amides is 1. The second-order valence-corrected chi connectivity index (χ2v) is 6.87. The standard InChI is InChI=1S/C12H15BrN2O2S2/c1-19-12(11(14)18)4-6-15(7-5-12)10(16)8-2-3-9(13)17-8/h2-3H,4-7H2,1H3,(H2,14,18). The first-order valence-corrected chi connectivity index (χ1v) is 8.31. The van der Waals surface area contributed by atoms with Crippen LogP contribution in [0.15, 0.2) is 21.2 Å². The van der Waals surface area contributed by atoms with Gasteiger partial charge in [0.05, 0.1) is 9.74 Å². The van der Waals surface area contributed by atoms with Crippen LogP contribution in [-0.2, 0) is 0 Å². The molecule has 1 fully saturated rings. The van der Waals surface area contributed by atoms with E-state index in [1.54, 1.807) is 28.8 Å². The number of carbonyl (C=O) groups is 1. The van der Waals surface area contributed by atoms with Crippen LogP contribution in [0.25, 0.3) is 0 Å². The van der Waals surface area contributed by atoms with Gasteiger partial charge in [0.25, 0.3) is 5.91 Å². The molecule has 0 radical (unpaired) electrons. The number of rotatable bonds is 3. The summed E-state index contributed by atoms with van der Waals surface area (Å²) >= 11 is 10.0. The molecular formula is C12H15BrN2O2S2. The van der Waals surface area contributed by atoms with E-state index in [9.17, 15) is 4.79 Å². The minimum absolute atomic E-state index is 0.0802. The SMILES string of the molecule is CSC1(C(N)=S)CCN(C(=O)c2ccc(Br)o2)CC1. The maximum Gasteiger partial charge on any atom is 0.289 e. The lowest BCUT2D eigenvalue weighted by Gasteiger charge is -2.39. The van der Waals surface area contributed by atoms with E-state index < -0.39 is 0 Å². The molecule has 1 aromatic heterocycles. The van der Waals surface area contributed by atoms with Crippen LogP contribution < -0.4 is 5.73 Å². The Morgan fingerprint density at radius 1 is 1.53 bits per heavy atom. The van der Waals surface area contributed by atoms with Crippen molar-refractivity contribution in [1.82, 2.24) is 4.90 Å². The Hall–Kier alpha value is -0.530. The summed E-state index contributed by atoms with van der Waals surface area (Å²) < 4.78 is 5.69. The minimum atomic E-state index is -0.171. The molecule has 19 heavy (non-hydrogen) atoms. The van der Waals surface area contributed by atoms with Gasteiger partial charge in [-0.1, -0.05) is 12.2 Å². The number of likely N-dealkylation sites (tertiary alicyclic amines) is 1. The summed E-state index contributed by atoms with van der Waals surface area (Å²) in [6.07, 6.45) is 3.59. The van der Waals surface area contributed by atoms with Gasteiger partial charge in [-0.3, -0.25) is 4.79 Å². The molecule has 1 aromatic rings. The summed E-state index contributed by atoms with van der Waals surface area (Å²) in [6, 6.07) is 3.40. The number of thioether (sulfide) groups is 1. The molecule has 2 N–H and O–H groups in total. The monoisotopic (exact) mass is 362 g/mol. The van der Waals surface area contributed by atoms with E-state index in [2.05, 4.69) is 15.9 Å². The van der Waals surface area contributed by atoms with Gasteiger partial charge < -0.3 is 15.1 Å². The maximum atomic E-state index is 12.2. The van der Waals surface area contributed by atoms with Gasteiger partial charge in [-0.2, -0.15) is 11.8 Å². The van der Waals surface area contributed by atoms with E-state index in [-0.39, 0.29) is 10.7 Å². The van der Waals surface area contributed by atoms with Crippen LogP contribution in [0.3, 0.4) is 0 Å². The summed E-state index contributed by atoms with van der Waals surface area (Å²) in [4.78, 5) is 14.5. The number of nitrogens with two attached hydrogens (primary N) is 1. The fourth-order valence-electron chi connectivity index (χ4n) is 2.21. The largest absolute Gasteiger partial charge is 0.444 e. The second-order valence-electron chi connectivity index (χ2n) is 4.46. The highest BCUT2D eigenvalue weighted by molar-refractivity contribution is 9.10. The number of carbonyl (C=O) groups excluding carboxylic acids is 1. The number of halogens is 1. The van der Waals surface area contributed by atoms with Gasteiger partial charge in [0.1, 0.15) is 0 Å². The van der Waals surface area contributed by atoms with Gasteiger partial charge in [-0.15, -0.1) is 0 Å². The van der Waals surface area contributed by atoms with E-state index in [1.807, 2.05) is 6.26 Å². The van der Waals surface area contributed by atoms with Crippen LogP contribution in [0.4, 0.5) is 0 Å². The van der Waals surface area contributed by atoms with Crippen LogP contribution >= 0.6 is 39.9 Å². The predicted molar refractivity (Wildman–Crippen MR) is 84.6 cm³/mol. The molecule has 0 saturated carbocycles. The van der Waals surface area contributed by atoms with Gasteiger partial charge >= 0.3 is 0 Å². The molecule has 1 aliphatic rings. The fraction of sp³-hybridized carbons (Fsp3) is 0.500. The van der Waals surface area contributed by atoms with Crippen molar-refractivity contribution in [2.45, 2.75) is 17.6 Å². The quantitative estimate of drug-likeness (QED) is 0.837. The number of furan rings is 1. The van der Waals surface area contributed by atoms with Crippen molar-refractivity contribution in [3.63, 3.8) is 0 Å². The van der Waals surface area contributed by atoms with Gasteiger partial charge in [-0.25, -0.2) is 0 Å². The molecule has 0 bridgehead atoms. The molecule has 0 atom stereocenters. The second kappa shape index (κ2) is 5.85. The Kier molecular flexibility index (Phi) is 4.58. The average Bonchev–Trinajstić information content (AvgIpc) is 2.84. The third-order valence-electron chi connectivity index (χ3n) is 3.48. The highest BCUT2D eigenvalue weighted by Crippen LogP contribution is 2.35. The molecular weight excluding hydrogens is 348 g/mol. The van der Waals surface area contributed by atoms with Crippen LogP contribution in [0, 0.1) is 0 Å². The average molecular weight is 363 g/mol. The fourth-order valence-corrected chi connectivity index (χ4v) is 3.76. The molecule has 2 rings (SSSR count). The molecule has 0 spiro atoms. The first kappa shape index (κ1) is 14.9. The zero-order valence-electron chi connectivity index (χ0n) is 10.5. The number of nitrogens with zero attached hydrogens (tertiary/aromatic N) is 1. The van der Waals surface area contributed by atoms with E-state index in [4.69, 9.17) is 22.4 Å². The van der Waals surface area contributed by atoms with Gasteiger partial charge in [0.2, 0.25) is 0 Å². The van der Waals surface area contributed by atoms with E-state index in [1.165, 1.54) is 0 Å². The summed E-state index contributed by atoms with van der Waals surface area (Å²) in [5.74, 6) is 0.280. The normalized spacial score (nSPS) is 18.3. The summed E-state index contributed by atoms with van der Waals surface area (Å²) in [5.41, 5.74) is 5.83. The first-order valence-electron chi connectivity index (χ1n) is 5.88. The van der Waals surface area contributed by atoms with Crippen molar-refractivity contribution in [2.75, 3.05) is 19.3 Å². The zero-order chi connectivity index (χ0) is 14.0. The smallest absolute Gasteiger partial charge is 0.289 e. The molecule has 1 amide bonds. The summed E-state index contributed by atoms with van der Waals surface area (Å²) in [7, 11) is 0. The number of hydrogen-bond acceptors (Lipinski definition) is 4. The van der Waals surface area contributed by atoms with Crippen molar-refractivity contribution in [1.29, 1.82) is 0 Å². The molecule has 4 nitrogen and oxygen atoms in total. The number of hydrogen-bond donors (Lipinski definition) is 1. The van der Waals surface area contributed by atoms with Crippen molar-refractivity contribution in [3.8, 4) is 0 Å². The lowest BCUT2D eigenvalue weighted by atomic mass is 9.95. The first-order chi connectivity index (χ1) is 8.98. The predicted octanol–water partition coefficient (Wildman–Crippen LogP) is 2.67. The third-order valence-corrected chi connectivity index (χ3v) is 5.84. The van der Waals surface area contributed by atoms with E-state index in [0.29, 0.717) is 28.5 Å². The molecule has 0 aromatic carbocycles. The Morgan fingerprint density at radius 3 is 2.58 bits per heavy atom. The van der Waals surface area contributed by atoms with Crippen LogP contribution in [0.1, 0.15) is 23.4 Å². The Balaban J connectivity index is 2.04. The van der Waals surface area contributed by atoms with E-state index >= 15 is 0 Å². The maximum absolute atomic E-state index is 12.2. The molecule has 104 valence electrons. The topological polar surface area (TPSA) is 59.5 Å². The molecule has 7 heteroatoms. The molecule has 1 aliphatic heterocycles. The van der Waals surface area contributed by atoms with Crippen molar-refractivity contribution < 1.29 is 9.21 Å². The highest BCUT2D eigenvalue weighted by Gasteiger charge is 2.38. The molecule has 0 unspecified atom stereocenters. The van der Waals surface area contributed by atoms with Gasteiger partial charge in [0, 0.05) is 13.1 Å². The Bertz CT molecular complexity index is 496. The van der Waals surface area contributed by atoms with Crippen molar-refractivity contribution in [2.24, 2.45) is 5.73 Å². The minimum Gasteiger partial charge on any atom is -0.444 e. The Morgan fingerprint density at radius 2 is 2.16 bits per heavy atom. The highest BCUT2D eigenvalue weighted by atomic mass is 79.9. The van der Waals surface area contributed by atoms with Crippen LogP contribution in [0.5, 0.6) is 0 Å². The van der Waals surface area contributed by atoms with Crippen molar-refractivity contribution in [3.05, 3.63) is 22.6 Å². The van der Waals surface area contributed by atoms with Gasteiger partial charge in [0.15, 0.2) is 10.4 Å². The van der Waals surface area contributed by atoms with E-state index in [0.717, 1.165) is 12.8 Å². The van der Waals surface area contributed by atoms with Crippen LogP contribution in [0.2, 0.25) is 0 Å². The molecule has 1 saturated heterocycles. The van der Waals surface area contributed by atoms with Crippen molar-refractivity contribution >= 4 is 50.8 Å². The Labute approximate surface area is 130 Å². The summed E-state index contributed by atoms with van der Waals surface area (Å²) in [5, 5.41) is 0. The zero-order valence-corrected chi connectivity index (χ0v) is 13.7. The molecule has 0 aliphatic carbocycles. The summed E-state index contributed by atoms with van der Waals surface area (Å²) in [6.45, 7) is 1.30. The van der Waals surface area contributed by atoms with Gasteiger partial charge in [-0.05, 0) is 47.2 Å². The third kappa shape index (κ3) is 2.98. The number of thiocarbonyl (C=S) groups is 1. The lowest BCUT2D eigenvalue weighted by Crippen LogP contribution is -2.50. The number of piperidine rings is 1. The lowest BCUT2D eigenvalue weighted by molar-refractivity contribution is 0.0685. The molecule has 2 heterocycles.